The number of aryl methyl sites for hydroxylation is 1. The molecule has 0 bridgehead atoms. The number of rotatable bonds is 10. The van der Waals surface area contributed by atoms with E-state index >= 15 is 0 Å². The highest BCUT2D eigenvalue weighted by Gasteiger charge is 2.08. The first-order valence-corrected chi connectivity index (χ1v) is 8.05. The van der Waals surface area contributed by atoms with Crippen LogP contribution in [0.1, 0.15) is 63.5 Å². The van der Waals surface area contributed by atoms with Gasteiger partial charge in [-0.05, 0) is 38.3 Å². The molecule has 1 rings (SSSR count). The number of benzene rings is 1. The molecule has 0 aromatic heterocycles. The van der Waals surface area contributed by atoms with Crippen molar-refractivity contribution in [1.29, 1.82) is 0 Å². The summed E-state index contributed by atoms with van der Waals surface area (Å²) in [6.45, 7) is 7.84. The summed E-state index contributed by atoms with van der Waals surface area (Å²) >= 11 is 0. The first kappa shape index (κ1) is 16.2. The molecule has 0 saturated heterocycles. The Bertz CT molecular complexity index is 332. The Morgan fingerprint density at radius 1 is 1.05 bits per heavy atom. The van der Waals surface area contributed by atoms with E-state index in [1.165, 1.54) is 56.1 Å². The highest BCUT2D eigenvalue weighted by molar-refractivity contribution is 5.22. The lowest BCUT2D eigenvalue weighted by atomic mass is 9.99. The molecule has 0 aliphatic rings. The molecule has 0 aliphatic heterocycles. The second kappa shape index (κ2) is 10.0. The topological polar surface area (TPSA) is 12.0 Å². The minimum atomic E-state index is 0.651. The minimum absolute atomic E-state index is 0.651. The number of unbranched alkanes of at least 4 members (excludes halogenated alkanes) is 3. The van der Waals surface area contributed by atoms with E-state index in [2.05, 4.69) is 50.4 Å². The van der Waals surface area contributed by atoms with Crippen LogP contribution in [0.25, 0.3) is 0 Å². The molecule has 0 heterocycles. The Labute approximate surface area is 119 Å². The van der Waals surface area contributed by atoms with Crippen molar-refractivity contribution in [2.75, 3.05) is 6.54 Å². The van der Waals surface area contributed by atoms with Crippen molar-refractivity contribution in [1.82, 2.24) is 5.32 Å². The predicted octanol–water partition coefficient (Wildman–Crippen LogP) is 4.88. The van der Waals surface area contributed by atoms with Gasteiger partial charge < -0.3 is 5.32 Å². The van der Waals surface area contributed by atoms with Gasteiger partial charge in [0.25, 0.3) is 0 Å². The Morgan fingerprint density at radius 3 is 2.58 bits per heavy atom. The van der Waals surface area contributed by atoms with Gasteiger partial charge in [-0.2, -0.15) is 0 Å². The van der Waals surface area contributed by atoms with Crippen LogP contribution in [0.3, 0.4) is 0 Å². The molecule has 1 unspecified atom stereocenters. The number of hydrogen-bond acceptors (Lipinski definition) is 1. The summed E-state index contributed by atoms with van der Waals surface area (Å²) in [4.78, 5) is 0. The van der Waals surface area contributed by atoms with E-state index in [9.17, 15) is 0 Å². The van der Waals surface area contributed by atoms with E-state index in [0.29, 0.717) is 6.04 Å². The molecular weight excluding hydrogens is 230 g/mol. The van der Waals surface area contributed by atoms with Crippen LogP contribution in [0.5, 0.6) is 0 Å². The Balaban J connectivity index is 2.43. The highest BCUT2D eigenvalue weighted by Crippen LogP contribution is 2.12. The van der Waals surface area contributed by atoms with Crippen LogP contribution in [0.2, 0.25) is 0 Å². The normalized spacial score (nSPS) is 12.6. The highest BCUT2D eigenvalue weighted by atomic mass is 14.9. The molecule has 1 N–H and O–H groups in total. The second-order valence-electron chi connectivity index (χ2n) is 5.69. The van der Waals surface area contributed by atoms with E-state index < -0.39 is 0 Å². The fraction of sp³-hybridized carbons (Fsp3) is 0.667. The van der Waals surface area contributed by atoms with E-state index in [4.69, 9.17) is 0 Å². The van der Waals surface area contributed by atoms with Crippen molar-refractivity contribution in [3.05, 3.63) is 35.4 Å². The fourth-order valence-electron chi connectivity index (χ4n) is 2.57. The zero-order valence-corrected chi connectivity index (χ0v) is 13.0. The van der Waals surface area contributed by atoms with Gasteiger partial charge >= 0.3 is 0 Å². The first-order valence-electron chi connectivity index (χ1n) is 8.05. The lowest BCUT2D eigenvalue weighted by molar-refractivity contribution is 0.453. The molecule has 0 spiro atoms. The third-order valence-electron chi connectivity index (χ3n) is 3.65. The summed E-state index contributed by atoms with van der Waals surface area (Å²) < 4.78 is 0. The third kappa shape index (κ3) is 7.37. The largest absolute Gasteiger partial charge is 0.314 e. The van der Waals surface area contributed by atoms with E-state index in [-0.39, 0.29) is 0 Å². The van der Waals surface area contributed by atoms with Gasteiger partial charge in [-0.3, -0.25) is 0 Å². The second-order valence-corrected chi connectivity index (χ2v) is 5.69. The molecule has 0 fully saturated rings. The van der Waals surface area contributed by atoms with Crippen LogP contribution in [0.4, 0.5) is 0 Å². The molecule has 0 aliphatic carbocycles. The zero-order valence-electron chi connectivity index (χ0n) is 13.0. The van der Waals surface area contributed by atoms with Crippen LogP contribution in [-0.2, 0) is 6.42 Å². The first-order chi connectivity index (χ1) is 9.26. The maximum Gasteiger partial charge on any atom is 0.0107 e. The van der Waals surface area contributed by atoms with Crippen LogP contribution in [0.15, 0.2) is 24.3 Å². The van der Waals surface area contributed by atoms with Gasteiger partial charge in [0.1, 0.15) is 0 Å². The average molecular weight is 261 g/mol. The van der Waals surface area contributed by atoms with Crippen LogP contribution in [0, 0.1) is 6.92 Å². The zero-order chi connectivity index (χ0) is 13.9. The molecule has 0 saturated carbocycles. The van der Waals surface area contributed by atoms with E-state index in [1.54, 1.807) is 0 Å². The number of nitrogens with one attached hydrogen (secondary N) is 1. The summed E-state index contributed by atoms with van der Waals surface area (Å²) in [5.41, 5.74) is 2.85. The van der Waals surface area contributed by atoms with Crippen molar-refractivity contribution in [3.63, 3.8) is 0 Å². The Morgan fingerprint density at radius 2 is 1.89 bits per heavy atom. The van der Waals surface area contributed by atoms with Gasteiger partial charge in [-0.25, -0.2) is 0 Å². The molecule has 1 atom stereocenters. The fourth-order valence-corrected chi connectivity index (χ4v) is 2.57. The standard InChI is InChI=1S/C18H31N/c1-4-6-7-8-12-18(19-13-5-2)15-17-11-9-10-16(3)14-17/h9-11,14,18-19H,4-8,12-13,15H2,1-3H3. The van der Waals surface area contributed by atoms with Gasteiger partial charge in [-0.15, -0.1) is 0 Å². The minimum Gasteiger partial charge on any atom is -0.314 e. The smallest absolute Gasteiger partial charge is 0.0107 e. The van der Waals surface area contributed by atoms with Crippen LogP contribution >= 0.6 is 0 Å². The van der Waals surface area contributed by atoms with E-state index in [1.807, 2.05) is 0 Å². The van der Waals surface area contributed by atoms with Gasteiger partial charge in [0.05, 0.1) is 0 Å². The lowest BCUT2D eigenvalue weighted by Gasteiger charge is -2.19. The van der Waals surface area contributed by atoms with Crippen LogP contribution < -0.4 is 5.32 Å². The summed E-state index contributed by atoms with van der Waals surface area (Å²) in [7, 11) is 0. The summed E-state index contributed by atoms with van der Waals surface area (Å²) in [6, 6.07) is 9.60. The summed E-state index contributed by atoms with van der Waals surface area (Å²) in [5, 5.41) is 3.71. The summed E-state index contributed by atoms with van der Waals surface area (Å²) in [6.07, 6.45) is 9.16. The predicted molar refractivity (Wildman–Crippen MR) is 85.7 cm³/mol. The molecule has 19 heavy (non-hydrogen) atoms. The molecule has 1 aromatic carbocycles. The van der Waals surface area contributed by atoms with Gasteiger partial charge in [0.15, 0.2) is 0 Å². The quantitative estimate of drug-likeness (QED) is 0.592. The van der Waals surface area contributed by atoms with Gasteiger partial charge in [-0.1, -0.05) is 69.4 Å². The van der Waals surface area contributed by atoms with Crippen LogP contribution in [-0.4, -0.2) is 12.6 Å². The molecule has 108 valence electrons. The lowest BCUT2D eigenvalue weighted by Crippen LogP contribution is -2.31. The van der Waals surface area contributed by atoms with Crippen molar-refractivity contribution in [2.45, 2.75) is 71.8 Å². The molecule has 1 heteroatoms. The van der Waals surface area contributed by atoms with Gasteiger partial charge in [0, 0.05) is 6.04 Å². The summed E-state index contributed by atoms with van der Waals surface area (Å²) in [5.74, 6) is 0. The molecule has 1 aromatic rings. The van der Waals surface area contributed by atoms with Gasteiger partial charge in [0.2, 0.25) is 0 Å². The van der Waals surface area contributed by atoms with E-state index in [0.717, 1.165) is 6.54 Å². The molecule has 0 amide bonds. The van der Waals surface area contributed by atoms with Crippen molar-refractivity contribution in [2.24, 2.45) is 0 Å². The van der Waals surface area contributed by atoms with Crippen molar-refractivity contribution < 1.29 is 0 Å². The van der Waals surface area contributed by atoms with Crippen molar-refractivity contribution in [3.8, 4) is 0 Å². The number of hydrogen-bond donors (Lipinski definition) is 1. The Hall–Kier alpha value is -0.820. The molecular formula is C18H31N. The van der Waals surface area contributed by atoms with Crippen molar-refractivity contribution >= 4 is 0 Å². The maximum atomic E-state index is 3.71. The SMILES string of the molecule is CCCCCCC(Cc1cccc(C)c1)NCCC. The third-order valence-corrected chi connectivity index (χ3v) is 3.65. The monoisotopic (exact) mass is 261 g/mol. The molecule has 0 radical (unpaired) electrons. The molecule has 1 nitrogen and oxygen atoms in total. The average Bonchev–Trinajstić information content (AvgIpc) is 2.40. The maximum absolute atomic E-state index is 3.71. The Kier molecular flexibility index (Phi) is 8.57.